The molecule has 0 fully saturated rings. The van der Waals surface area contributed by atoms with E-state index in [2.05, 4.69) is 12.0 Å². The van der Waals surface area contributed by atoms with E-state index < -0.39 is 0 Å². The van der Waals surface area contributed by atoms with E-state index >= 15 is 0 Å². The van der Waals surface area contributed by atoms with Crippen LogP contribution in [0.25, 0.3) is 0 Å². The minimum absolute atomic E-state index is 0.773. The number of nitrogens with zero attached hydrogens (tertiary/aromatic N) is 2. The molecule has 0 atom stereocenters. The molecule has 1 rings (SSSR count). The number of aromatic nitrogens is 2. The van der Waals surface area contributed by atoms with Gasteiger partial charge in [0.15, 0.2) is 0 Å². The van der Waals surface area contributed by atoms with Crippen LogP contribution in [-0.4, -0.2) is 15.5 Å². The van der Waals surface area contributed by atoms with Crippen LogP contribution in [0.5, 0.6) is 0 Å². The molecule has 2 N–H and O–H groups in total. The van der Waals surface area contributed by atoms with E-state index in [1.54, 1.807) is 16.4 Å². The highest BCUT2D eigenvalue weighted by Crippen LogP contribution is 2.21. The Morgan fingerprint density at radius 1 is 1.80 bits per heavy atom. The molecule has 0 unspecified atom stereocenters. The minimum atomic E-state index is 0.773. The van der Waals surface area contributed by atoms with Gasteiger partial charge in [-0.05, 0) is 5.75 Å². The van der Waals surface area contributed by atoms with Crippen molar-refractivity contribution in [2.24, 2.45) is 7.05 Å². The number of aryl methyl sites for hydroxylation is 1. The van der Waals surface area contributed by atoms with E-state index in [1.807, 2.05) is 13.2 Å². The van der Waals surface area contributed by atoms with Crippen molar-refractivity contribution < 1.29 is 0 Å². The van der Waals surface area contributed by atoms with Crippen LogP contribution in [0.1, 0.15) is 6.92 Å². The molecule has 0 aliphatic heterocycles. The fourth-order valence-corrected chi connectivity index (χ4v) is 1.41. The van der Waals surface area contributed by atoms with Gasteiger partial charge in [0.2, 0.25) is 0 Å². The van der Waals surface area contributed by atoms with Crippen LogP contribution in [-0.2, 0) is 7.05 Å². The molecule has 0 aliphatic carbocycles. The fraction of sp³-hybridized carbons (Fsp3) is 0.500. The molecule has 1 heterocycles. The molecule has 0 amide bonds. The minimum Gasteiger partial charge on any atom is -0.395 e. The Balaban J connectivity index is 2.81. The van der Waals surface area contributed by atoms with E-state index in [1.165, 1.54) is 0 Å². The maximum absolute atomic E-state index is 5.62. The largest absolute Gasteiger partial charge is 0.395 e. The summed E-state index contributed by atoms with van der Waals surface area (Å²) in [5.74, 6) is 1.02. The third kappa shape index (κ3) is 1.44. The number of thioether (sulfide) groups is 1. The number of nitrogens with two attached hydrogens (primary N) is 1. The maximum atomic E-state index is 5.62. The van der Waals surface area contributed by atoms with E-state index in [0.29, 0.717) is 0 Å². The quantitative estimate of drug-likeness (QED) is 0.654. The summed E-state index contributed by atoms with van der Waals surface area (Å²) in [5, 5.41) is 5.09. The first kappa shape index (κ1) is 7.47. The molecule has 0 aliphatic rings. The first-order valence-corrected chi connectivity index (χ1v) is 4.14. The van der Waals surface area contributed by atoms with Crippen LogP contribution in [0.3, 0.4) is 0 Å². The highest BCUT2D eigenvalue weighted by molar-refractivity contribution is 7.99. The Labute approximate surface area is 64.6 Å². The van der Waals surface area contributed by atoms with Gasteiger partial charge in [0.25, 0.3) is 0 Å². The van der Waals surface area contributed by atoms with Gasteiger partial charge in [-0.1, -0.05) is 6.92 Å². The van der Waals surface area contributed by atoms with Gasteiger partial charge in [0, 0.05) is 13.2 Å². The summed E-state index contributed by atoms with van der Waals surface area (Å²) in [6.07, 6.45) is 1.82. The number of anilines is 1. The third-order valence-electron chi connectivity index (χ3n) is 1.10. The van der Waals surface area contributed by atoms with E-state index in [9.17, 15) is 0 Å². The van der Waals surface area contributed by atoms with Crippen LogP contribution in [0.4, 0.5) is 5.69 Å². The lowest BCUT2D eigenvalue weighted by Crippen LogP contribution is -1.86. The Morgan fingerprint density at radius 2 is 2.50 bits per heavy atom. The summed E-state index contributed by atoms with van der Waals surface area (Å²) in [6.45, 7) is 2.08. The Hall–Kier alpha value is -0.640. The standard InChI is InChI=1S/C6H11N3S/c1-3-10-6-5(7)4-9(2)8-6/h4H,3,7H2,1-2H3. The lowest BCUT2D eigenvalue weighted by molar-refractivity contribution is 0.738. The highest BCUT2D eigenvalue weighted by Gasteiger charge is 2.01. The molecule has 1 aromatic rings. The monoisotopic (exact) mass is 157 g/mol. The molecule has 3 nitrogen and oxygen atoms in total. The predicted octanol–water partition coefficient (Wildman–Crippen LogP) is 1.11. The zero-order chi connectivity index (χ0) is 7.56. The molecule has 4 heteroatoms. The molecule has 1 aromatic heterocycles. The van der Waals surface area contributed by atoms with Crippen molar-refractivity contribution in [2.75, 3.05) is 11.5 Å². The highest BCUT2D eigenvalue weighted by atomic mass is 32.2. The average Bonchev–Trinajstić information content (AvgIpc) is 2.13. The summed E-state index contributed by atoms with van der Waals surface area (Å²) in [4.78, 5) is 0. The van der Waals surface area contributed by atoms with Crippen molar-refractivity contribution in [3.8, 4) is 0 Å². The van der Waals surface area contributed by atoms with Crippen molar-refractivity contribution in [2.45, 2.75) is 11.9 Å². The smallest absolute Gasteiger partial charge is 0.141 e. The summed E-state index contributed by atoms with van der Waals surface area (Å²) in [5.41, 5.74) is 6.40. The van der Waals surface area contributed by atoms with Crippen LogP contribution in [0.15, 0.2) is 11.2 Å². The van der Waals surface area contributed by atoms with Crippen molar-refractivity contribution in [1.29, 1.82) is 0 Å². The topological polar surface area (TPSA) is 43.8 Å². The Kier molecular flexibility index (Phi) is 2.21. The molecular weight excluding hydrogens is 146 g/mol. The van der Waals surface area contributed by atoms with Crippen LogP contribution < -0.4 is 5.73 Å². The van der Waals surface area contributed by atoms with Crippen LogP contribution in [0, 0.1) is 0 Å². The molecule has 10 heavy (non-hydrogen) atoms. The second-order valence-electron chi connectivity index (χ2n) is 2.00. The van der Waals surface area contributed by atoms with Gasteiger partial charge in [-0.25, -0.2) is 0 Å². The molecule has 0 saturated carbocycles. The van der Waals surface area contributed by atoms with Gasteiger partial charge >= 0.3 is 0 Å². The van der Waals surface area contributed by atoms with Crippen molar-refractivity contribution in [1.82, 2.24) is 9.78 Å². The number of nitrogen functional groups attached to an aromatic ring is 1. The van der Waals surface area contributed by atoms with Crippen LogP contribution in [0.2, 0.25) is 0 Å². The van der Waals surface area contributed by atoms with Gasteiger partial charge in [0.05, 0.1) is 5.69 Å². The van der Waals surface area contributed by atoms with E-state index in [0.717, 1.165) is 16.5 Å². The second-order valence-corrected chi connectivity index (χ2v) is 3.25. The van der Waals surface area contributed by atoms with Gasteiger partial charge in [-0.3, -0.25) is 4.68 Å². The van der Waals surface area contributed by atoms with Crippen molar-refractivity contribution >= 4 is 17.4 Å². The first-order chi connectivity index (χ1) is 4.74. The van der Waals surface area contributed by atoms with Gasteiger partial charge in [0.1, 0.15) is 5.03 Å². The third-order valence-corrected chi connectivity index (χ3v) is 1.98. The van der Waals surface area contributed by atoms with Gasteiger partial charge in [-0.2, -0.15) is 5.10 Å². The van der Waals surface area contributed by atoms with Gasteiger partial charge < -0.3 is 5.73 Å². The zero-order valence-electron chi connectivity index (χ0n) is 6.16. The average molecular weight is 157 g/mol. The predicted molar refractivity (Wildman–Crippen MR) is 44.0 cm³/mol. The summed E-state index contributed by atoms with van der Waals surface area (Å²) < 4.78 is 1.73. The molecule has 0 radical (unpaired) electrons. The fourth-order valence-electron chi connectivity index (χ4n) is 0.735. The summed E-state index contributed by atoms with van der Waals surface area (Å²) in [6, 6.07) is 0. The van der Waals surface area contributed by atoms with Crippen molar-refractivity contribution in [3.63, 3.8) is 0 Å². The Morgan fingerprint density at radius 3 is 2.90 bits per heavy atom. The molecule has 56 valence electrons. The Bertz CT molecular complexity index is 219. The maximum Gasteiger partial charge on any atom is 0.141 e. The van der Waals surface area contributed by atoms with Gasteiger partial charge in [-0.15, -0.1) is 11.8 Å². The summed E-state index contributed by atoms with van der Waals surface area (Å²) >= 11 is 1.67. The molecule has 0 bridgehead atoms. The lowest BCUT2D eigenvalue weighted by atomic mass is 10.6. The molecular formula is C6H11N3S. The number of hydrogen-bond donors (Lipinski definition) is 1. The second kappa shape index (κ2) is 2.96. The number of hydrogen-bond acceptors (Lipinski definition) is 3. The SMILES string of the molecule is CCSc1nn(C)cc1N. The molecule has 0 spiro atoms. The normalized spacial score (nSPS) is 10.2. The first-order valence-electron chi connectivity index (χ1n) is 3.16. The lowest BCUT2D eigenvalue weighted by Gasteiger charge is -1.90. The number of rotatable bonds is 2. The van der Waals surface area contributed by atoms with Crippen molar-refractivity contribution in [3.05, 3.63) is 6.20 Å². The van der Waals surface area contributed by atoms with E-state index in [4.69, 9.17) is 5.73 Å². The van der Waals surface area contributed by atoms with E-state index in [-0.39, 0.29) is 0 Å². The zero-order valence-corrected chi connectivity index (χ0v) is 6.98. The van der Waals surface area contributed by atoms with Crippen LogP contribution >= 0.6 is 11.8 Å². The summed E-state index contributed by atoms with van der Waals surface area (Å²) in [7, 11) is 1.87. The molecule has 0 saturated heterocycles. The molecule has 0 aromatic carbocycles.